The second-order valence-electron chi connectivity index (χ2n) is 11.2. The smallest absolute Gasteiger partial charge is 0.263 e. The highest BCUT2D eigenvalue weighted by Gasteiger charge is 2.41. The molecule has 0 atom stereocenters. The fourth-order valence-electron chi connectivity index (χ4n) is 5.66. The monoisotopic (exact) mass is 506 g/mol. The fourth-order valence-corrected chi connectivity index (χ4v) is 5.66. The topological polar surface area (TPSA) is 66.3 Å². The molecule has 7 nitrogen and oxygen atoms in total. The first kappa shape index (κ1) is 25.8. The molecule has 2 aliphatic rings. The first-order valence-electron chi connectivity index (χ1n) is 13.7. The number of aryl methyl sites for hydroxylation is 1. The van der Waals surface area contributed by atoms with E-state index in [1.165, 1.54) is 25.0 Å². The number of benzene rings is 1. The molecule has 0 bridgehead atoms. The average Bonchev–Trinajstić information content (AvgIpc) is 3.25. The first-order valence-corrected chi connectivity index (χ1v) is 13.7. The van der Waals surface area contributed by atoms with Gasteiger partial charge in [-0.25, -0.2) is 9.37 Å². The summed E-state index contributed by atoms with van der Waals surface area (Å²) in [5, 5.41) is 9.24. The zero-order valence-corrected chi connectivity index (χ0v) is 22.3. The highest BCUT2D eigenvalue weighted by atomic mass is 19.1. The summed E-state index contributed by atoms with van der Waals surface area (Å²) in [5.41, 5.74) is 1.54. The normalized spacial score (nSPS) is 18.9. The Labute approximate surface area is 219 Å². The number of likely N-dealkylation sites (tertiary alicyclic amines) is 2. The molecule has 3 aromatic rings. The Balaban J connectivity index is 1.32. The number of halogens is 1. The van der Waals surface area contributed by atoms with E-state index >= 15 is 4.39 Å². The van der Waals surface area contributed by atoms with E-state index in [2.05, 4.69) is 51.2 Å². The maximum Gasteiger partial charge on any atom is 0.263 e. The summed E-state index contributed by atoms with van der Waals surface area (Å²) in [4.78, 5) is 22.1. The van der Waals surface area contributed by atoms with Crippen molar-refractivity contribution < 1.29 is 9.18 Å². The zero-order valence-electron chi connectivity index (χ0n) is 22.3. The van der Waals surface area contributed by atoms with E-state index in [9.17, 15) is 4.79 Å². The number of nitrogens with zero attached hydrogens (tertiary/aromatic N) is 5. The van der Waals surface area contributed by atoms with Crippen molar-refractivity contribution in [3.05, 3.63) is 42.4 Å². The number of aromatic nitrogens is 3. The Kier molecular flexibility index (Phi) is 7.58. The molecule has 0 radical (unpaired) electrons. The van der Waals surface area contributed by atoms with Crippen LogP contribution in [-0.4, -0.2) is 68.9 Å². The van der Waals surface area contributed by atoms with Gasteiger partial charge < -0.3 is 10.2 Å². The molecule has 1 amide bonds. The van der Waals surface area contributed by atoms with E-state index in [4.69, 9.17) is 0 Å². The molecule has 2 fully saturated rings. The molecular weight excluding hydrogens is 467 g/mol. The summed E-state index contributed by atoms with van der Waals surface area (Å²) in [6, 6.07) is 8.09. The van der Waals surface area contributed by atoms with Gasteiger partial charge in [0.2, 0.25) is 0 Å². The molecule has 2 aromatic heterocycles. The maximum absolute atomic E-state index is 15.5. The predicted molar refractivity (Wildman–Crippen MR) is 146 cm³/mol. The number of anilines is 1. The summed E-state index contributed by atoms with van der Waals surface area (Å²) >= 11 is 0. The summed E-state index contributed by atoms with van der Waals surface area (Å²) in [7, 11) is 2.00. The minimum Gasteiger partial charge on any atom is -0.308 e. The number of hydrogen-bond acceptors (Lipinski definition) is 5. The highest BCUT2D eigenvalue weighted by molar-refractivity contribution is 5.98. The lowest BCUT2D eigenvalue weighted by molar-refractivity contribution is -0.130. The Morgan fingerprint density at radius 2 is 1.78 bits per heavy atom. The third-order valence-corrected chi connectivity index (χ3v) is 7.84. The average molecular weight is 507 g/mol. The molecule has 5 rings (SSSR count). The summed E-state index contributed by atoms with van der Waals surface area (Å²) in [5.74, 6) is 0.326. The van der Waals surface area contributed by atoms with Crippen molar-refractivity contribution in [2.24, 2.45) is 13.0 Å². The van der Waals surface area contributed by atoms with Crippen molar-refractivity contribution in [1.82, 2.24) is 24.6 Å². The number of fused-ring (bicyclic) bond motifs is 1. The van der Waals surface area contributed by atoms with Crippen molar-refractivity contribution >= 4 is 22.5 Å². The van der Waals surface area contributed by atoms with E-state index < -0.39 is 11.6 Å². The number of carbonyl (C=O) groups excluding carboxylic acids is 1. The standard InChI is InChI=1S/C29H39FN6O/c1-21(2)19-36-13-9-29(30,10-14-36)28(37)33-27-16-24-15-22(7-8-23(24)17-31-27)25-18-32-34(3)26(25)20-35-11-5-4-6-12-35/h7-8,15-18,21H,4-6,9-14,19-20H2,1-3H3,(H,31,33,37). The molecule has 2 saturated heterocycles. The van der Waals surface area contributed by atoms with Crippen molar-refractivity contribution in [2.75, 3.05) is 38.0 Å². The van der Waals surface area contributed by atoms with Crippen molar-refractivity contribution in [3.8, 4) is 11.1 Å². The van der Waals surface area contributed by atoms with Crippen LogP contribution in [0, 0.1) is 5.92 Å². The summed E-state index contributed by atoms with van der Waals surface area (Å²) < 4.78 is 17.5. The van der Waals surface area contributed by atoms with Gasteiger partial charge >= 0.3 is 0 Å². The van der Waals surface area contributed by atoms with Crippen LogP contribution < -0.4 is 5.32 Å². The number of piperidine rings is 2. The molecule has 37 heavy (non-hydrogen) atoms. The van der Waals surface area contributed by atoms with Gasteiger partial charge in [-0.15, -0.1) is 0 Å². The zero-order chi connectivity index (χ0) is 26.0. The van der Waals surface area contributed by atoms with Gasteiger partial charge in [-0.2, -0.15) is 5.10 Å². The number of pyridine rings is 1. The molecule has 2 aliphatic heterocycles. The van der Waals surface area contributed by atoms with Gasteiger partial charge in [0.05, 0.1) is 11.9 Å². The van der Waals surface area contributed by atoms with Crippen LogP contribution in [0.5, 0.6) is 0 Å². The SMILES string of the molecule is CC(C)CN1CCC(F)(C(=O)Nc2cc3cc(-c4cnn(C)c4CN4CCCCC4)ccc3cn2)CC1. The third-order valence-electron chi connectivity index (χ3n) is 7.84. The lowest BCUT2D eigenvalue weighted by Crippen LogP contribution is -2.49. The van der Waals surface area contributed by atoms with Crippen LogP contribution in [0.3, 0.4) is 0 Å². The molecule has 1 N–H and O–H groups in total. The van der Waals surface area contributed by atoms with Gasteiger partial charge in [-0.1, -0.05) is 32.4 Å². The molecule has 1 aromatic carbocycles. The van der Waals surface area contributed by atoms with Gasteiger partial charge in [0.15, 0.2) is 5.67 Å². The van der Waals surface area contributed by atoms with E-state index in [1.807, 2.05) is 30.1 Å². The Morgan fingerprint density at radius 3 is 2.51 bits per heavy atom. The summed E-state index contributed by atoms with van der Waals surface area (Å²) in [6.45, 7) is 9.58. The lowest BCUT2D eigenvalue weighted by Gasteiger charge is -2.36. The van der Waals surface area contributed by atoms with Gasteiger partial charge in [0.1, 0.15) is 5.82 Å². The van der Waals surface area contributed by atoms with Crippen LogP contribution in [0.25, 0.3) is 21.9 Å². The summed E-state index contributed by atoms with van der Waals surface area (Å²) in [6.07, 6.45) is 7.91. The largest absolute Gasteiger partial charge is 0.308 e. The van der Waals surface area contributed by atoms with Gasteiger partial charge in [-0.05, 0) is 54.9 Å². The van der Waals surface area contributed by atoms with E-state index in [0.717, 1.165) is 48.1 Å². The predicted octanol–water partition coefficient (Wildman–Crippen LogP) is 5.02. The minimum absolute atomic E-state index is 0.212. The minimum atomic E-state index is -1.86. The van der Waals surface area contributed by atoms with E-state index in [1.54, 1.807) is 6.20 Å². The molecule has 4 heterocycles. The molecule has 8 heteroatoms. The second-order valence-corrected chi connectivity index (χ2v) is 11.2. The van der Waals surface area contributed by atoms with Crippen LogP contribution >= 0.6 is 0 Å². The van der Waals surface area contributed by atoms with E-state index in [-0.39, 0.29) is 12.8 Å². The number of alkyl halides is 1. The van der Waals surface area contributed by atoms with Crippen molar-refractivity contribution in [3.63, 3.8) is 0 Å². The molecular formula is C29H39FN6O. The fraction of sp³-hybridized carbons (Fsp3) is 0.552. The second kappa shape index (κ2) is 10.9. The van der Waals surface area contributed by atoms with Gasteiger partial charge in [-0.3, -0.25) is 14.4 Å². The Morgan fingerprint density at radius 1 is 1.03 bits per heavy atom. The third kappa shape index (κ3) is 5.85. The Hall–Kier alpha value is -2.84. The lowest BCUT2D eigenvalue weighted by atomic mass is 9.92. The first-order chi connectivity index (χ1) is 17.8. The molecule has 0 saturated carbocycles. The van der Waals surface area contributed by atoms with Crippen LogP contribution in [0.2, 0.25) is 0 Å². The number of carbonyl (C=O) groups is 1. The van der Waals surface area contributed by atoms with Crippen molar-refractivity contribution in [2.45, 2.75) is 58.2 Å². The molecule has 198 valence electrons. The van der Waals surface area contributed by atoms with Crippen LogP contribution in [0.4, 0.5) is 10.2 Å². The van der Waals surface area contributed by atoms with Gasteiger partial charge in [0, 0.05) is 63.2 Å². The van der Waals surface area contributed by atoms with Gasteiger partial charge in [0.25, 0.3) is 5.91 Å². The number of rotatable bonds is 7. The maximum atomic E-state index is 15.5. The van der Waals surface area contributed by atoms with Crippen LogP contribution in [-0.2, 0) is 18.4 Å². The van der Waals surface area contributed by atoms with Crippen molar-refractivity contribution in [1.29, 1.82) is 0 Å². The highest BCUT2D eigenvalue weighted by Crippen LogP contribution is 2.31. The Bertz CT molecular complexity index is 1240. The number of amides is 1. The quantitative estimate of drug-likeness (QED) is 0.488. The number of hydrogen-bond donors (Lipinski definition) is 1. The van der Waals surface area contributed by atoms with Crippen LogP contribution in [0.1, 0.15) is 51.6 Å². The van der Waals surface area contributed by atoms with Crippen LogP contribution in [0.15, 0.2) is 36.7 Å². The van der Waals surface area contributed by atoms with E-state index in [0.29, 0.717) is 24.8 Å². The molecule has 0 spiro atoms. The molecule has 0 unspecified atom stereocenters. The molecule has 0 aliphatic carbocycles. The number of nitrogens with one attached hydrogen (secondary N) is 1.